The molecule has 0 saturated carbocycles. The predicted molar refractivity (Wildman–Crippen MR) is 259 cm³/mol. The number of rotatable bonds is 48. The fraction of sp³-hybridized carbons (Fsp3) is 0.941. The first-order valence-corrected chi connectivity index (χ1v) is 27.5. The fourth-order valence-electron chi connectivity index (χ4n) is 7.87. The average Bonchev–Trinajstić information content (AvgIpc) is 3.20. The molecule has 0 fully saturated rings. The first-order chi connectivity index (χ1) is 29.0. The summed E-state index contributed by atoms with van der Waals surface area (Å²) in [6.45, 7) is 4.92. The van der Waals surface area contributed by atoms with Crippen LogP contribution in [0.15, 0.2) is 12.2 Å². The molecule has 0 aliphatic carbocycles. The molecule has 3 unspecified atom stereocenters. The monoisotopic (exact) mass is 872 g/mol. The van der Waals surface area contributed by atoms with E-state index in [1.54, 1.807) is 0 Å². The molecule has 0 aliphatic rings. The predicted octanol–water partition coefficient (Wildman–Crippen LogP) is 15.1. The van der Waals surface area contributed by atoms with Crippen molar-refractivity contribution in [1.29, 1.82) is 0 Å². The Morgan fingerprint density at radius 3 is 1.28 bits per heavy atom. The van der Waals surface area contributed by atoms with Gasteiger partial charge in [-0.3, -0.25) is 13.8 Å². The Morgan fingerprint density at radius 2 is 0.900 bits per heavy atom. The van der Waals surface area contributed by atoms with E-state index in [4.69, 9.17) is 9.05 Å². The fourth-order valence-corrected chi connectivity index (χ4v) is 8.60. The van der Waals surface area contributed by atoms with Gasteiger partial charge in [0.05, 0.1) is 39.9 Å². The number of aliphatic hydroxyl groups excluding tert-OH is 1. The first-order valence-electron chi connectivity index (χ1n) is 26.1. The number of phosphoric acid groups is 1. The first kappa shape index (κ1) is 59.2. The van der Waals surface area contributed by atoms with Crippen molar-refractivity contribution in [3.8, 4) is 0 Å². The SMILES string of the molecule is CCCCCCCCCC/C=C\CCCCCCCCCCCCCC(=O)NC(COP(=O)(O)OCC[N+](C)(C)C)C(O)CCCCCCCCCCCCCCCCC. The Kier molecular flexibility index (Phi) is 42.9. The normalized spacial score (nSPS) is 14.2. The number of quaternary nitrogens is 1. The summed E-state index contributed by atoms with van der Waals surface area (Å²) in [5.41, 5.74) is 0. The van der Waals surface area contributed by atoms with Crippen molar-refractivity contribution in [1.82, 2.24) is 5.32 Å². The molecule has 3 atom stereocenters. The van der Waals surface area contributed by atoms with Crippen LogP contribution in [0.3, 0.4) is 0 Å². The maximum absolute atomic E-state index is 12.9. The standard InChI is InChI=1S/C51H103N2O6P/c1-6-8-10-12-14-16-18-20-22-23-24-25-26-27-28-29-31-33-35-37-39-41-43-45-51(55)52-49(48-59-60(56,57)58-47-46-53(3,4)5)50(54)44-42-40-38-36-34-32-30-21-19-17-15-13-11-9-7-2/h23-24,49-50,54H,6-22,25-48H2,1-5H3,(H-,52,55,56,57)/p+1/b24-23-. The molecule has 0 aromatic rings. The Labute approximate surface area is 373 Å². The van der Waals surface area contributed by atoms with Gasteiger partial charge in [0.15, 0.2) is 0 Å². The number of aliphatic hydroxyl groups is 1. The van der Waals surface area contributed by atoms with Crippen molar-refractivity contribution < 1.29 is 32.9 Å². The lowest BCUT2D eigenvalue weighted by molar-refractivity contribution is -0.870. The highest BCUT2D eigenvalue weighted by molar-refractivity contribution is 7.47. The number of carbonyl (C=O) groups is 1. The summed E-state index contributed by atoms with van der Waals surface area (Å²) in [5, 5.41) is 14.0. The maximum Gasteiger partial charge on any atom is 0.472 e. The number of unbranched alkanes of at least 4 members (excludes halogenated alkanes) is 33. The number of likely N-dealkylation sites (N-methyl/N-ethyl adjacent to an activating group) is 1. The summed E-state index contributed by atoms with van der Waals surface area (Å²) in [6.07, 6.45) is 51.0. The van der Waals surface area contributed by atoms with Crippen molar-refractivity contribution in [3.63, 3.8) is 0 Å². The molecule has 0 aromatic carbocycles. The van der Waals surface area contributed by atoms with Crippen molar-refractivity contribution >= 4 is 13.7 Å². The minimum atomic E-state index is -4.31. The third kappa shape index (κ3) is 45.3. The molecule has 0 aromatic heterocycles. The molecule has 0 saturated heterocycles. The summed E-state index contributed by atoms with van der Waals surface area (Å²) < 4.78 is 23.7. The Hall–Kier alpha value is -0.760. The van der Waals surface area contributed by atoms with E-state index in [-0.39, 0.29) is 19.1 Å². The third-order valence-corrected chi connectivity index (χ3v) is 13.0. The minimum Gasteiger partial charge on any atom is -0.391 e. The lowest BCUT2D eigenvalue weighted by atomic mass is 10.0. The lowest BCUT2D eigenvalue weighted by Crippen LogP contribution is -2.46. The van der Waals surface area contributed by atoms with Gasteiger partial charge in [0.2, 0.25) is 5.91 Å². The molecular formula is C51H104N2O6P+. The van der Waals surface area contributed by atoms with Crippen LogP contribution in [0.25, 0.3) is 0 Å². The molecule has 3 N–H and O–H groups in total. The summed E-state index contributed by atoms with van der Waals surface area (Å²) >= 11 is 0. The van der Waals surface area contributed by atoms with E-state index in [1.165, 1.54) is 193 Å². The molecule has 0 aliphatic heterocycles. The Morgan fingerprint density at radius 1 is 0.550 bits per heavy atom. The quantitative estimate of drug-likeness (QED) is 0.0243. The van der Waals surface area contributed by atoms with E-state index in [1.807, 2.05) is 21.1 Å². The number of carbonyl (C=O) groups excluding carboxylic acids is 1. The lowest BCUT2D eigenvalue weighted by Gasteiger charge is -2.26. The van der Waals surface area contributed by atoms with Gasteiger partial charge < -0.3 is 19.8 Å². The van der Waals surface area contributed by atoms with Gasteiger partial charge >= 0.3 is 7.82 Å². The van der Waals surface area contributed by atoms with Crippen LogP contribution >= 0.6 is 7.82 Å². The Bertz CT molecular complexity index is 989. The van der Waals surface area contributed by atoms with E-state index in [0.717, 1.165) is 38.5 Å². The summed E-state index contributed by atoms with van der Waals surface area (Å²) in [7, 11) is 1.63. The zero-order chi connectivity index (χ0) is 44.3. The maximum atomic E-state index is 12.9. The van der Waals surface area contributed by atoms with E-state index in [2.05, 4.69) is 31.3 Å². The number of nitrogens with one attached hydrogen (secondary N) is 1. The highest BCUT2D eigenvalue weighted by Crippen LogP contribution is 2.43. The third-order valence-electron chi connectivity index (χ3n) is 12.0. The highest BCUT2D eigenvalue weighted by atomic mass is 31.2. The molecule has 9 heteroatoms. The number of phosphoric ester groups is 1. The van der Waals surface area contributed by atoms with Crippen LogP contribution in [-0.4, -0.2) is 73.4 Å². The van der Waals surface area contributed by atoms with Crippen LogP contribution in [-0.2, 0) is 18.4 Å². The largest absolute Gasteiger partial charge is 0.472 e. The van der Waals surface area contributed by atoms with Crippen molar-refractivity contribution in [2.24, 2.45) is 0 Å². The molecule has 8 nitrogen and oxygen atoms in total. The van der Waals surface area contributed by atoms with Gasteiger partial charge in [-0.05, 0) is 38.5 Å². The molecule has 358 valence electrons. The van der Waals surface area contributed by atoms with E-state index < -0.39 is 20.0 Å². The molecule has 1 amide bonds. The summed E-state index contributed by atoms with van der Waals surface area (Å²) in [5.74, 6) is -0.142. The molecule has 0 rings (SSSR count). The molecule has 60 heavy (non-hydrogen) atoms. The molecule has 0 bridgehead atoms. The van der Waals surface area contributed by atoms with E-state index in [0.29, 0.717) is 23.9 Å². The van der Waals surface area contributed by atoms with E-state index >= 15 is 0 Å². The van der Waals surface area contributed by atoms with Crippen LogP contribution in [0, 0.1) is 0 Å². The van der Waals surface area contributed by atoms with Crippen molar-refractivity contribution in [3.05, 3.63) is 12.2 Å². The molecular weight excluding hydrogens is 768 g/mol. The number of hydrogen-bond donors (Lipinski definition) is 3. The summed E-state index contributed by atoms with van der Waals surface area (Å²) in [6, 6.07) is -0.757. The van der Waals surface area contributed by atoms with Crippen molar-refractivity contribution in [2.75, 3.05) is 40.9 Å². The topological polar surface area (TPSA) is 105 Å². The van der Waals surface area contributed by atoms with Gasteiger partial charge in [-0.25, -0.2) is 4.57 Å². The second-order valence-corrected chi connectivity index (χ2v) is 20.7. The van der Waals surface area contributed by atoms with Crippen LogP contribution in [0.5, 0.6) is 0 Å². The van der Waals surface area contributed by atoms with Gasteiger partial charge in [0.25, 0.3) is 0 Å². The minimum absolute atomic E-state index is 0.0769. The van der Waals surface area contributed by atoms with Crippen LogP contribution in [0.1, 0.15) is 258 Å². The highest BCUT2D eigenvalue weighted by Gasteiger charge is 2.28. The molecule has 0 heterocycles. The van der Waals surface area contributed by atoms with Gasteiger partial charge in [-0.15, -0.1) is 0 Å². The number of hydrogen-bond acceptors (Lipinski definition) is 5. The number of amides is 1. The Balaban J connectivity index is 4.19. The second kappa shape index (κ2) is 43.5. The number of nitrogens with zero attached hydrogens (tertiary/aromatic N) is 1. The van der Waals surface area contributed by atoms with Gasteiger partial charge in [-0.2, -0.15) is 0 Å². The van der Waals surface area contributed by atoms with Gasteiger partial charge in [-0.1, -0.05) is 225 Å². The number of allylic oxidation sites excluding steroid dienone is 2. The van der Waals surface area contributed by atoms with Gasteiger partial charge in [0, 0.05) is 6.42 Å². The van der Waals surface area contributed by atoms with Gasteiger partial charge in [0.1, 0.15) is 13.2 Å². The van der Waals surface area contributed by atoms with Crippen molar-refractivity contribution in [2.45, 2.75) is 270 Å². The molecule has 0 radical (unpaired) electrons. The summed E-state index contributed by atoms with van der Waals surface area (Å²) in [4.78, 5) is 23.2. The van der Waals surface area contributed by atoms with E-state index in [9.17, 15) is 19.4 Å². The van der Waals surface area contributed by atoms with Crippen LogP contribution in [0.4, 0.5) is 0 Å². The van der Waals surface area contributed by atoms with Crippen LogP contribution in [0.2, 0.25) is 0 Å². The zero-order valence-electron chi connectivity index (χ0n) is 40.7. The zero-order valence-corrected chi connectivity index (χ0v) is 41.6. The molecule has 0 spiro atoms. The second-order valence-electron chi connectivity index (χ2n) is 19.3. The smallest absolute Gasteiger partial charge is 0.391 e. The average molecular weight is 872 g/mol. The van der Waals surface area contributed by atoms with Crippen LogP contribution < -0.4 is 5.32 Å².